The van der Waals surface area contributed by atoms with Gasteiger partial charge in [0.05, 0.1) is 0 Å². The highest BCUT2D eigenvalue weighted by Crippen LogP contribution is 2.24. The second-order valence-electron chi connectivity index (χ2n) is 5.80. The van der Waals surface area contributed by atoms with Crippen LogP contribution in [-0.2, 0) is 5.41 Å². The Hall–Kier alpha value is -0.380. The van der Waals surface area contributed by atoms with Gasteiger partial charge in [-0.25, -0.2) is 0 Å². The summed E-state index contributed by atoms with van der Waals surface area (Å²) in [6, 6.07) is 9.37. The van der Waals surface area contributed by atoms with Gasteiger partial charge in [0.25, 0.3) is 0 Å². The maximum Gasteiger partial charge on any atom is 0.0175 e. The van der Waals surface area contributed by atoms with Crippen molar-refractivity contribution in [2.45, 2.75) is 38.1 Å². The molecule has 1 aliphatic heterocycles. The minimum Gasteiger partial charge on any atom is -0.317 e. The molecule has 0 radical (unpaired) electrons. The fourth-order valence-corrected chi connectivity index (χ4v) is 2.69. The van der Waals surface area contributed by atoms with E-state index in [2.05, 4.69) is 64.7 Å². The topological polar surface area (TPSA) is 24.1 Å². The highest BCUT2D eigenvalue weighted by atomic mass is 79.9. The van der Waals surface area contributed by atoms with Crippen molar-refractivity contribution in [1.29, 1.82) is 0 Å². The first-order valence-electron chi connectivity index (χ1n) is 6.78. The zero-order chi connectivity index (χ0) is 13.0. The van der Waals surface area contributed by atoms with E-state index in [-0.39, 0.29) is 5.41 Å². The first-order chi connectivity index (χ1) is 8.58. The number of rotatable bonds is 4. The van der Waals surface area contributed by atoms with E-state index in [9.17, 15) is 0 Å². The van der Waals surface area contributed by atoms with Crippen LogP contribution in [-0.4, -0.2) is 25.7 Å². The van der Waals surface area contributed by atoms with Crippen LogP contribution in [0, 0.1) is 0 Å². The first kappa shape index (κ1) is 14.0. The number of hydrogen-bond acceptors (Lipinski definition) is 2. The highest BCUT2D eigenvalue weighted by molar-refractivity contribution is 9.10. The summed E-state index contributed by atoms with van der Waals surface area (Å²) in [5.41, 5.74) is 1.58. The standard InChI is InChI=1S/C15H23BrN2/c1-15(2,12-3-5-13(16)6-4-12)11-18-14-7-9-17-10-8-14/h3-6,14,17-18H,7-11H2,1-2H3. The summed E-state index contributed by atoms with van der Waals surface area (Å²) in [6.07, 6.45) is 2.49. The molecule has 0 amide bonds. The van der Waals surface area contributed by atoms with Gasteiger partial charge in [0.2, 0.25) is 0 Å². The Morgan fingerprint density at radius 3 is 2.44 bits per heavy atom. The lowest BCUT2D eigenvalue weighted by Crippen LogP contribution is -2.44. The number of hydrogen-bond donors (Lipinski definition) is 2. The number of halogens is 1. The molecule has 0 aromatic heterocycles. The van der Waals surface area contributed by atoms with Gasteiger partial charge in [-0.15, -0.1) is 0 Å². The van der Waals surface area contributed by atoms with Gasteiger partial charge < -0.3 is 10.6 Å². The fourth-order valence-electron chi connectivity index (χ4n) is 2.43. The molecule has 0 atom stereocenters. The van der Waals surface area contributed by atoms with Crippen molar-refractivity contribution in [3.63, 3.8) is 0 Å². The molecule has 1 aliphatic rings. The van der Waals surface area contributed by atoms with Gasteiger partial charge in [-0.3, -0.25) is 0 Å². The molecule has 100 valence electrons. The lowest BCUT2D eigenvalue weighted by Gasteiger charge is -2.31. The molecule has 3 heteroatoms. The van der Waals surface area contributed by atoms with E-state index in [4.69, 9.17) is 0 Å². The molecule has 0 aliphatic carbocycles. The van der Waals surface area contributed by atoms with Crippen molar-refractivity contribution < 1.29 is 0 Å². The molecule has 0 spiro atoms. The maximum atomic E-state index is 3.72. The quantitative estimate of drug-likeness (QED) is 0.893. The Morgan fingerprint density at radius 2 is 1.83 bits per heavy atom. The van der Waals surface area contributed by atoms with Gasteiger partial charge in [-0.1, -0.05) is 41.9 Å². The van der Waals surface area contributed by atoms with Crippen molar-refractivity contribution in [3.05, 3.63) is 34.3 Å². The summed E-state index contributed by atoms with van der Waals surface area (Å²) in [5, 5.41) is 7.13. The van der Waals surface area contributed by atoms with Gasteiger partial charge in [0, 0.05) is 22.5 Å². The Morgan fingerprint density at radius 1 is 1.22 bits per heavy atom. The average Bonchev–Trinajstić information content (AvgIpc) is 2.38. The average molecular weight is 311 g/mol. The third-order valence-corrected chi connectivity index (χ3v) is 4.33. The van der Waals surface area contributed by atoms with Crippen LogP contribution in [0.25, 0.3) is 0 Å². The molecule has 1 aromatic carbocycles. The van der Waals surface area contributed by atoms with Crippen molar-refractivity contribution in [2.75, 3.05) is 19.6 Å². The summed E-state index contributed by atoms with van der Waals surface area (Å²) in [4.78, 5) is 0. The molecule has 1 aromatic rings. The van der Waals surface area contributed by atoms with E-state index in [1.165, 1.54) is 18.4 Å². The Labute approximate surface area is 119 Å². The van der Waals surface area contributed by atoms with Crippen LogP contribution in [0.15, 0.2) is 28.7 Å². The third kappa shape index (κ3) is 3.81. The van der Waals surface area contributed by atoms with Crippen LogP contribution in [0.1, 0.15) is 32.3 Å². The SMILES string of the molecule is CC(C)(CNC1CCNCC1)c1ccc(Br)cc1. The minimum absolute atomic E-state index is 0.186. The van der Waals surface area contributed by atoms with E-state index in [0.29, 0.717) is 6.04 Å². The van der Waals surface area contributed by atoms with Gasteiger partial charge in [-0.05, 0) is 43.6 Å². The summed E-state index contributed by atoms with van der Waals surface area (Å²) in [6.45, 7) is 7.96. The van der Waals surface area contributed by atoms with Crippen LogP contribution in [0.3, 0.4) is 0 Å². The van der Waals surface area contributed by atoms with Crippen molar-refractivity contribution >= 4 is 15.9 Å². The Balaban J connectivity index is 1.91. The van der Waals surface area contributed by atoms with E-state index in [1.54, 1.807) is 0 Å². The van der Waals surface area contributed by atoms with Crippen molar-refractivity contribution in [2.24, 2.45) is 0 Å². The molecule has 1 fully saturated rings. The normalized spacial score (nSPS) is 17.9. The van der Waals surface area contributed by atoms with Crippen molar-refractivity contribution in [1.82, 2.24) is 10.6 Å². The molecule has 1 heterocycles. The van der Waals surface area contributed by atoms with Gasteiger partial charge in [-0.2, -0.15) is 0 Å². The lowest BCUT2D eigenvalue weighted by molar-refractivity contribution is 0.351. The predicted molar refractivity (Wildman–Crippen MR) is 81.1 cm³/mol. The van der Waals surface area contributed by atoms with Gasteiger partial charge >= 0.3 is 0 Å². The molecular formula is C15H23BrN2. The largest absolute Gasteiger partial charge is 0.317 e. The maximum absolute atomic E-state index is 3.72. The second-order valence-corrected chi connectivity index (χ2v) is 6.71. The molecule has 0 unspecified atom stereocenters. The molecule has 1 saturated heterocycles. The Kier molecular flexibility index (Phi) is 4.82. The van der Waals surface area contributed by atoms with Crippen LogP contribution >= 0.6 is 15.9 Å². The highest BCUT2D eigenvalue weighted by Gasteiger charge is 2.22. The predicted octanol–water partition coefficient (Wildman–Crippen LogP) is 3.07. The second kappa shape index (κ2) is 6.18. The molecule has 2 nitrogen and oxygen atoms in total. The van der Waals surface area contributed by atoms with Crippen molar-refractivity contribution in [3.8, 4) is 0 Å². The minimum atomic E-state index is 0.186. The number of benzene rings is 1. The van der Waals surface area contributed by atoms with E-state index in [0.717, 1.165) is 24.1 Å². The number of piperidine rings is 1. The smallest absolute Gasteiger partial charge is 0.0175 e. The molecule has 2 N–H and O–H groups in total. The molecular weight excluding hydrogens is 288 g/mol. The molecule has 18 heavy (non-hydrogen) atoms. The third-order valence-electron chi connectivity index (χ3n) is 3.80. The van der Waals surface area contributed by atoms with Crippen LogP contribution in [0.2, 0.25) is 0 Å². The van der Waals surface area contributed by atoms with E-state index >= 15 is 0 Å². The van der Waals surface area contributed by atoms with Crippen LogP contribution < -0.4 is 10.6 Å². The van der Waals surface area contributed by atoms with Gasteiger partial charge in [0.15, 0.2) is 0 Å². The summed E-state index contributed by atoms with van der Waals surface area (Å²) >= 11 is 3.49. The summed E-state index contributed by atoms with van der Waals surface area (Å²) in [7, 11) is 0. The Bertz CT molecular complexity index is 367. The lowest BCUT2D eigenvalue weighted by atomic mass is 9.84. The van der Waals surface area contributed by atoms with Crippen LogP contribution in [0.5, 0.6) is 0 Å². The first-order valence-corrected chi connectivity index (χ1v) is 7.57. The zero-order valence-electron chi connectivity index (χ0n) is 11.3. The monoisotopic (exact) mass is 310 g/mol. The molecule has 0 saturated carbocycles. The van der Waals surface area contributed by atoms with E-state index in [1.807, 2.05) is 0 Å². The molecule has 2 rings (SSSR count). The molecule has 0 bridgehead atoms. The van der Waals surface area contributed by atoms with E-state index < -0.39 is 0 Å². The fraction of sp³-hybridized carbons (Fsp3) is 0.600. The summed E-state index contributed by atoms with van der Waals surface area (Å²) < 4.78 is 1.15. The zero-order valence-corrected chi connectivity index (χ0v) is 12.9. The van der Waals surface area contributed by atoms with Crippen LogP contribution in [0.4, 0.5) is 0 Å². The number of nitrogens with one attached hydrogen (secondary N) is 2. The van der Waals surface area contributed by atoms with Gasteiger partial charge in [0.1, 0.15) is 0 Å². The summed E-state index contributed by atoms with van der Waals surface area (Å²) in [5.74, 6) is 0.